The van der Waals surface area contributed by atoms with Gasteiger partial charge in [-0.15, -0.1) is 0 Å². The van der Waals surface area contributed by atoms with Crippen molar-refractivity contribution in [2.24, 2.45) is 0 Å². The van der Waals surface area contributed by atoms with Gasteiger partial charge >= 0.3 is 0 Å². The highest BCUT2D eigenvalue weighted by molar-refractivity contribution is 5.52. The third-order valence-corrected chi connectivity index (χ3v) is 3.11. The third-order valence-electron chi connectivity index (χ3n) is 3.11. The van der Waals surface area contributed by atoms with E-state index in [1.54, 1.807) is 6.07 Å². The Kier molecular flexibility index (Phi) is 3.99. The second kappa shape index (κ2) is 5.70. The lowest BCUT2D eigenvalue weighted by Crippen LogP contribution is -2.06. The zero-order valence-corrected chi connectivity index (χ0v) is 11.3. The van der Waals surface area contributed by atoms with Crippen LogP contribution in [0.1, 0.15) is 22.3 Å². The first-order chi connectivity index (χ1) is 9.51. The molecule has 0 aromatic heterocycles. The third kappa shape index (κ3) is 2.94. The molecular weight excluding hydrogens is 258 g/mol. The Morgan fingerprint density at radius 3 is 2.30 bits per heavy atom. The summed E-state index contributed by atoms with van der Waals surface area (Å²) < 4.78 is 27.5. The molecule has 0 radical (unpaired) electrons. The maximum absolute atomic E-state index is 13.7. The molecule has 0 aliphatic rings. The topological polar surface area (TPSA) is 35.8 Å². The maximum atomic E-state index is 13.7. The van der Waals surface area contributed by atoms with Crippen LogP contribution >= 0.6 is 0 Å². The van der Waals surface area contributed by atoms with Gasteiger partial charge in [-0.3, -0.25) is 0 Å². The summed E-state index contributed by atoms with van der Waals surface area (Å²) in [4.78, 5) is 0. The van der Waals surface area contributed by atoms with Crippen LogP contribution in [0.5, 0.6) is 0 Å². The number of hydrogen-bond acceptors (Lipinski definition) is 2. The number of anilines is 1. The summed E-state index contributed by atoms with van der Waals surface area (Å²) in [6.45, 7) is 3.95. The van der Waals surface area contributed by atoms with E-state index in [4.69, 9.17) is 5.26 Å². The van der Waals surface area contributed by atoms with Gasteiger partial charge in [0.1, 0.15) is 11.6 Å². The Labute approximate surface area is 116 Å². The van der Waals surface area contributed by atoms with E-state index in [0.717, 1.165) is 28.9 Å². The number of nitrogens with one attached hydrogen (secondary N) is 1. The molecule has 2 aromatic carbocycles. The number of benzene rings is 2. The standard InChI is InChI=1S/C16H14F2N2/c1-10-3-4-16(11(2)5-10)20-9-13-14(17)6-12(8-19)7-15(13)18/h3-7,20H,9H2,1-2H3. The van der Waals surface area contributed by atoms with Gasteiger partial charge in [0, 0.05) is 17.8 Å². The first kappa shape index (κ1) is 14.0. The molecule has 0 bridgehead atoms. The van der Waals surface area contributed by atoms with E-state index in [2.05, 4.69) is 5.32 Å². The molecule has 0 unspecified atom stereocenters. The molecule has 0 amide bonds. The van der Waals surface area contributed by atoms with Gasteiger partial charge in [0.25, 0.3) is 0 Å². The number of nitrogens with zero attached hydrogens (tertiary/aromatic N) is 1. The average Bonchev–Trinajstić information content (AvgIpc) is 2.39. The predicted octanol–water partition coefficient (Wildman–Crippen LogP) is 4.07. The highest BCUT2D eigenvalue weighted by Gasteiger charge is 2.11. The number of rotatable bonds is 3. The predicted molar refractivity (Wildman–Crippen MR) is 74.3 cm³/mol. The Hall–Kier alpha value is -2.41. The lowest BCUT2D eigenvalue weighted by atomic mass is 10.1. The van der Waals surface area contributed by atoms with Crippen LogP contribution in [0.4, 0.5) is 14.5 Å². The second-order valence-corrected chi connectivity index (χ2v) is 4.70. The summed E-state index contributed by atoms with van der Waals surface area (Å²) in [6, 6.07) is 9.62. The van der Waals surface area contributed by atoms with Crippen molar-refractivity contribution < 1.29 is 8.78 Å². The number of aryl methyl sites for hydroxylation is 2. The smallest absolute Gasteiger partial charge is 0.132 e. The first-order valence-electron chi connectivity index (χ1n) is 6.20. The number of halogens is 2. The van der Waals surface area contributed by atoms with Crippen molar-refractivity contribution in [2.45, 2.75) is 20.4 Å². The molecule has 2 rings (SSSR count). The van der Waals surface area contributed by atoms with Crippen LogP contribution in [-0.4, -0.2) is 0 Å². The largest absolute Gasteiger partial charge is 0.381 e. The van der Waals surface area contributed by atoms with Crippen LogP contribution < -0.4 is 5.32 Å². The van der Waals surface area contributed by atoms with Crippen molar-refractivity contribution in [3.8, 4) is 6.07 Å². The van der Waals surface area contributed by atoms with Gasteiger partial charge in [0.15, 0.2) is 0 Å². The van der Waals surface area contributed by atoms with E-state index < -0.39 is 11.6 Å². The summed E-state index contributed by atoms with van der Waals surface area (Å²) in [5, 5.41) is 11.7. The highest BCUT2D eigenvalue weighted by atomic mass is 19.1. The lowest BCUT2D eigenvalue weighted by Gasteiger charge is -2.11. The molecule has 0 aliphatic carbocycles. The summed E-state index contributed by atoms with van der Waals surface area (Å²) in [6.07, 6.45) is 0. The molecule has 2 aromatic rings. The SMILES string of the molecule is Cc1ccc(NCc2c(F)cc(C#N)cc2F)c(C)c1. The molecule has 0 heterocycles. The minimum atomic E-state index is -0.709. The molecule has 0 saturated heterocycles. The summed E-state index contributed by atoms with van der Waals surface area (Å²) in [5.74, 6) is -1.42. The fraction of sp³-hybridized carbons (Fsp3) is 0.188. The van der Waals surface area contributed by atoms with Gasteiger partial charge in [0.05, 0.1) is 11.6 Å². The monoisotopic (exact) mass is 272 g/mol. The molecule has 0 atom stereocenters. The zero-order chi connectivity index (χ0) is 14.7. The van der Waals surface area contributed by atoms with E-state index in [1.165, 1.54) is 0 Å². The average molecular weight is 272 g/mol. The van der Waals surface area contributed by atoms with E-state index in [9.17, 15) is 8.78 Å². The maximum Gasteiger partial charge on any atom is 0.132 e. The van der Waals surface area contributed by atoms with Gasteiger partial charge in [-0.05, 0) is 37.6 Å². The van der Waals surface area contributed by atoms with Crippen LogP contribution in [0, 0.1) is 36.8 Å². The molecule has 0 fully saturated rings. The van der Waals surface area contributed by atoms with Crippen LogP contribution in [0.3, 0.4) is 0 Å². The molecule has 0 spiro atoms. The molecule has 102 valence electrons. The summed E-state index contributed by atoms with van der Waals surface area (Å²) in [7, 11) is 0. The first-order valence-corrected chi connectivity index (χ1v) is 6.20. The molecule has 4 heteroatoms. The van der Waals surface area contributed by atoms with E-state index >= 15 is 0 Å². The Morgan fingerprint density at radius 2 is 1.75 bits per heavy atom. The summed E-state index contributed by atoms with van der Waals surface area (Å²) in [5.41, 5.74) is 2.89. The van der Waals surface area contributed by atoms with Gasteiger partial charge < -0.3 is 5.32 Å². The van der Waals surface area contributed by atoms with Crippen LogP contribution in [0.15, 0.2) is 30.3 Å². The molecule has 0 aliphatic heterocycles. The van der Waals surface area contributed by atoms with Gasteiger partial charge in [-0.1, -0.05) is 17.7 Å². The van der Waals surface area contributed by atoms with Crippen molar-refractivity contribution in [3.05, 3.63) is 64.2 Å². The van der Waals surface area contributed by atoms with Crippen molar-refractivity contribution in [2.75, 3.05) is 5.32 Å². The normalized spacial score (nSPS) is 10.2. The molecular formula is C16H14F2N2. The van der Waals surface area contributed by atoms with Gasteiger partial charge in [-0.2, -0.15) is 5.26 Å². The van der Waals surface area contributed by atoms with Crippen molar-refractivity contribution in [1.29, 1.82) is 5.26 Å². The van der Waals surface area contributed by atoms with Crippen LogP contribution in [-0.2, 0) is 6.54 Å². The minimum Gasteiger partial charge on any atom is -0.381 e. The van der Waals surface area contributed by atoms with Gasteiger partial charge in [0.2, 0.25) is 0 Å². The lowest BCUT2D eigenvalue weighted by molar-refractivity contribution is 0.559. The van der Waals surface area contributed by atoms with Crippen molar-refractivity contribution >= 4 is 5.69 Å². The van der Waals surface area contributed by atoms with Crippen molar-refractivity contribution in [1.82, 2.24) is 0 Å². The fourth-order valence-corrected chi connectivity index (χ4v) is 2.03. The summed E-state index contributed by atoms with van der Waals surface area (Å²) >= 11 is 0. The zero-order valence-electron chi connectivity index (χ0n) is 11.3. The van der Waals surface area contributed by atoms with Crippen LogP contribution in [0.2, 0.25) is 0 Å². The van der Waals surface area contributed by atoms with Crippen molar-refractivity contribution in [3.63, 3.8) is 0 Å². The fourth-order valence-electron chi connectivity index (χ4n) is 2.03. The van der Waals surface area contributed by atoms with E-state index in [-0.39, 0.29) is 17.7 Å². The van der Waals surface area contributed by atoms with E-state index in [0.29, 0.717) is 0 Å². The highest BCUT2D eigenvalue weighted by Crippen LogP contribution is 2.20. The molecule has 2 nitrogen and oxygen atoms in total. The van der Waals surface area contributed by atoms with E-state index in [1.807, 2.05) is 32.0 Å². The minimum absolute atomic E-state index is 0.0183. The molecule has 0 saturated carbocycles. The Balaban J connectivity index is 2.21. The second-order valence-electron chi connectivity index (χ2n) is 4.70. The Bertz CT molecular complexity index is 664. The molecule has 20 heavy (non-hydrogen) atoms. The van der Waals surface area contributed by atoms with Crippen LogP contribution in [0.25, 0.3) is 0 Å². The Morgan fingerprint density at radius 1 is 1.10 bits per heavy atom. The number of nitriles is 1. The molecule has 1 N–H and O–H groups in total. The van der Waals surface area contributed by atoms with Gasteiger partial charge in [-0.25, -0.2) is 8.78 Å². The quantitative estimate of drug-likeness (QED) is 0.914. The number of hydrogen-bond donors (Lipinski definition) is 1.